The minimum atomic E-state index is -3.67. The van der Waals surface area contributed by atoms with Crippen LogP contribution in [0.5, 0.6) is 0 Å². The molecule has 148 valence electrons. The minimum Gasteiger partial charge on any atom is -0.315 e. The lowest BCUT2D eigenvalue weighted by Crippen LogP contribution is -2.40. The summed E-state index contributed by atoms with van der Waals surface area (Å²) in [6.07, 6.45) is 4.06. The molecule has 2 aromatic carbocycles. The number of aromatic nitrogens is 1. The minimum absolute atomic E-state index is 0.198. The highest BCUT2D eigenvalue weighted by Crippen LogP contribution is 2.27. The number of fused-ring (bicyclic) bond motifs is 1. The van der Waals surface area contributed by atoms with Crippen molar-refractivity contribution in [1.29, 1.82) is 0 Å². The zero-order valence-electron chi connectivity index (χ0n) is 15.3. The number of sulfonamides is 1. The third-order valence-electron chi connectivity index (χ3n) is 4.29. The molecule has 0 fully saturated rings. The second kappa shape index (κ2) is 9.09. The Kier molecular flexibility index (Phi) is 6.77. The summed E-state index contributed by atoms with van der Waals surface area (Å²) in [5.41, 5.74) is 1.02. The molecule has 0 amide bonds. The monoisotopic (exact) mass is 465 g/mol. The highest BCUT2D eigenvalue weighted by atomic mass is 79.9. The molecule has 0 radical (unpaired) electrons. The van der Waals surface area contributed by atoms with Crippen molar-refractivity contribution in [1.82, 2.24) is 15.0 Å². The van der Waals surface area contributed by atoms with Gasteiger partial charge < -0.3 is 5.32 Å². The summed E-state index contributed by atoms with van der Waals surface area (Å²) >= 11 is 3.35. The van der Waals surface area contributed by atoms with Crippen molar-refractivity contribution < 1.29 is 12.8 Å². The molecule has 1 aromatic heterocycles. The van der Waals surface area contributed by atoms with Crippen molar-refractivity contribution in [3.8, 4) is 0 Å². The number of hydrogen-bond acceptors (Lipinski definition) is 4. The molecule has 0 bridgehead atoms. The van der Waals surface area contributed by atoms with Gasteiger partial charge in [-0.15, -0.1) is 0 Å². The highest BCUT2D eigenvalue weighted by molar-refractivity contribution is 9.10. The first kappa shape index (κ1) is 20.9. The van der Waals surface area contributed by atoms with E-state index in [0.717, 1.165) is 22.8 Å². The van der Waals surface area contributed by atoms with Gasteiger partial charge in [0.15, 0.2) is 0 Å². The molecule has 3 rings (SSSR count). The van der Waals surface area contributed by atoms with Gasteiger partial charge in [0.2, 0.25) is 10.0 Å². The number of nitrogens with zero attached hydrogens (tertiary/aromatic N) is 1. The van der Waals surface area contributed by atoms with E-state index in [1.807, 2.05) is 0 Å². The molecular formula is C20H21BrFN3O2S. The molecule has 1 atom stereocenters. The fraction of sp³-hybridized carbons (Fsp3) is 0.250. The Bertz CT molecular complexity index is 1060. The molecular weight excluding hydrogens is 445 g/mol. The molecule has 0 aliphatic heterocycles. The topological polar surface area (TPSA) is 71.1 Å². The van der Waals surface area contributed by atoms with Crippen LogP contribution < -0.4 is 10.0 Å². The van der Waals surface area contributed by atoms with Crippen LogP contribution in [0.2, 0.25) is 0 Å². The van der Waals surface area contributed by atoms with Crippen molar-refractivity contribution in [2.75, 3.05) is 13.1 Å². The molecule has 0 unspecified atom stereocenters. The van der Waals surface area contributed by atoms with Crippen LogP contribution >= 0.6 is 15.9 Å². The van der Waals surface area contributed by atoms with Crippen molar-refractivity contribution in [2.45, 2.75) is 24.3 Å². The Balaban J connectivity index is 1.57. The van der Waals surface area contributed by atoms with Gasteiger partial charge in [0.25, 0.3) is 0 Å². The van der Waals surface area contributed by atoms with Gasteiger partial charge in [-0.05, 0) is 77.1 Å². The summed E-state index contributed by atoms with van der Waals surface area (Å²) in [4.78, 5) is 4.25. The largest absolute Gasteiger partial charge is 0.315 e. The Labute approximate surface area is 172 Å². The predicted molar refractivity (Wildman–Crippen MR) is 112 cm³/mol. The number of benzene rings is 2. The van der Waals surface area contributed by atoms with Crippen LogP contribution in [-0.2, 0) is 16.4 Å². The van der Waals surface area contributed by atoms with E-state index in [9.17, 15) is 12.8 Å². The Morgan fingerprint density at radius 2 is 1.89 bits per heavy atom. The van der Waals surface area contributed by atoms with E-state index in [0.29, 0.717) is 17.6 Å². The maximum atomic E-state index is 12.9. The second-order valence-corrected chi connectivity index (χ2v) is 9.15. The molecule has 8 heteroatoms. The summed E-state index contributed by atoms with van der Waals surface area (Å²) in [6, 6.07) is 11.2. The molecule has 1 heterocycles. The van der Waals surface area contributed by atoms with Crippen molar-refractivity contribution in [2.24, 2.45) is 0 Å². The van der Waals surface area contributed by atoms with Crippen LogP contribution in [0.4, 0.5) is 4.39 Å². The lowest BCUT2D eigenvalue weighted by atomic mass is 10.1. The van der Waals surface area contributed by atoms with Gasteiger partial charge in [-0.1, -0.05) is 12.1 Å². The van der Waals surface area contributed by atoms with E-state index in [4.69, 9.17) is 0 Å². The van der Waals surface area contributed by atoms with Crippen LogP contribution in [-0.4, -0.2) is 32.5 Å². The second-order valence-electron chi connectivity index (χ2n) is 6.61. The summed E-state index contributed by atoms with van der Waals surface area (Å²) in [5, 5.41) is 4.90. The van der Waals surface area contributed by atoms with Gasteiger partial charge in [0.05, 0.1) is 4.90 Å². The molecule has 0 spiro atoms. The average molecular weight is 466 g/mol. The number of hydrogen-bond donors (Lipinski definition) is 2. The maximum Gasteiger partial charge on any atom is 0.241 e. The zero-order chi connectivity index (χ0) is 20.1. The molecule has 0 aliphatic rings. The standard InChI is InChI=1S/C20H21BrFN3O2S/c1-14(12-23-8-6-15-2-4-18(22)5-3-15)25-28(26,27)20-11-16-7-9-24-13-17(16)10-19(20)21/h2-5,7,9-11,13-14,23,25H,6,8,12H2,1H3/t14-/m1/s1. The first-order chi connectivity index (χ1) is 13.3. The third kappa shape index (κ3) is 5.35. The fourth-order valence-corrected chi connectivity index (χ4v) is 5.20. The smallest absolute Gasteiger partial charge is 0.241 e. The normalized spacial score (nSPS) is 13.0. The van der Waals surface area contributed by atoms with E-state index < -0.39 is 10.0 Å². The molecule has 0 saturated heterocycles. The molecule has 2 N–H and O–H groups in total. The molecule has 5 nitrogen and oxygen atoms in total. The molecule has 0 aliphatic carbocycles. The maximum absolute atomic E-state index is 12.9. The Hall–Kier alpha value is -1.87. The Morgan fingerprint density at radius 3 is 2.64 bits per heavy atom. The summed E-state index contributed by atoms with van der Waals surface area (Å²) in [7, 11) is -3.67. The van der Waals surface area contributed by atoms with Gasteiger partial charge >= 0.3 is 0 Å². The first-order valence-electron chi connectivity index (χ1n) is 8.86. The van der Waals surface area contributed by atoms with E-state index in [2.05, 4.69) is 31.0 Å². The first-order valence-corrected chi connectivity index (χ1v) is 11.1. The van der Waals surface area contributed by atoms with E-state index in [-0.39, 0.29) is 16.8 Å². The van der Waals surface area contributed by atoms with Gasteiger partial charge in [0.1, 0.15) is 5.82 Å². The highest BCUT2D eigenvalue weighted by Gasteiger charge is 2.20. The van der Waals surface area contributed by atoms with Crippen molar-refractivity contribution in [3.63, 3.8) is 0 Å². The predicted octanol–water partition coefficient (Wildman–Crippen LogP) is 3.64. The van der Waals surface area contributed by atoms with E-state index in [1.165, 1.54) is 12.1 Å². The quantitative estimate of drug-likeness (QED) is 0.498. The summed E-state index contributed by atoms with van der Waals surface area (Å²) in [5.74, 6) is -0.254. The van der Waals surface area contributed by atoms with Crippen LogP contribution in [0.3, 0.4) is 0 Å². The number of rotatable bonds is 8. The summed E-state index contributed by atoms with van der Waals surface area (Å²) < 4.78 is 41.6. The Morgan fingerprint density at radius 1 is 1.14 bits per heavy atom. The van der Waals surface area contributed by atoms with E-state index in [1.54, 1.807) is 49.6 Å². The summed E-state index contributed by atoms with van der Waals surface area (Å²) in [6.45, 7) is 2.96. The van der Waals surface area contributed by atoms with Crippen LogP contribution in [0, 0.1) is 5.82 Å². The fourth-order valence-electron chi connectivity index (χ4n) is 2.87. The molecule has 28 heavy (non-hydrogen) atoms. The average Bonchev–Trinajstić information content (AvgIpc) is 2.65. The van der Waals surface area contributed by atoms with Gasteiger partial charge in [-0.3, -0.25) is 4.98 Å². The van der Waals surface area contributed by atoms with Gasteiger partial charge in [-0.25, -0.2) is 17.5 Å². The number of pyridine rings is 1. The van der Waals surface area contributed by atoms with Crippen LogP contribution in [0.1, 0.15) is 12.5 Å². The lowest BCUT2D eigenvalue weighted by molar-refractivity contribution is 0.537. The van der Waals surface area contributed by atoms with E-state index >= 15 is 0 Å². The van der Waals surface area contributed by atoms with Gasteiger partial charge in [0, 0.05) is 34.8 Å². The van der Waals surface area contributed by atoms with Crippen LogP contribution in [0.15, 0.2) is 64.2 Å². The van der Waals surface area contributed by atoms with Crippen LogP contribution in [0.25, 0.3) is 10.8 Å². The van der Waals surface area contributed by atoms with Crippen molar-refractivity contribution >= 4 is 36.7 Å². The van der Waals surface area contributed by atoms with Gasteiger partial charge in [-0.2, -0.15) is 0 Å². The molecule has 3 aromatic rings. The number of halogens is 2. The molecule has 0 saturated carbocycles. The SMILES string of the molecule is C[C@H](CNCCc1ccc(F)cc1)NS(=O)(=O)c1cc2ccncc2cc1Br. The lowest BCUT2D eigenvalue weighted by Gasteiger charge is -2.16. The number of nitrogens with one attached hydrogen (secondary N) is 2. The third-order valence-corrected chi connectivity index (χ3v) is 6.84. The van der Waals surface area contributed by atoms with Crippen molar-refractivity contribution in [3.05, 3.63) is 70.7 Å². The zero-order valence-corrected chi connectivity index (χ0v) is 17.7.